The van der Waals surface area contributed by atoms with E-state index in [1.807, 2.05) is 0 Å². The van der Waals surface area contributed by atoms with Crippen molar-refractivity contribution in [2.75, 3.05) is 0 Å². The summed E-state index contributed by atoms with van der Waals surface area (Å²) in [7, 11) is 0. The summed E-state index contributed by atoms with van der Waals surface area (Å²) in [5.74, 6) is 0.152. The summed E-state index contributed by atoms with van der Waals surface area (Å²) in [5.41, 5.74) is 10.3. The highest BCUT2D eigenvalue weighted by molar-refractivity contribution is 5.58. The van der Waals surface area contributed by atoms with Crippen LogP contribution in [0.15, 0.2) is 24.3 Å². The monoisotopic (exact) mass is 294 g/mol. The lowest BCUT2D eigenvalue weighted by Gasteiger charge is -2.25. The van der Waals surface area contributed by atoms with Crippen LogP contribution < -0.4 is 0 Å². The fourth-order valence-electron chi connectivity index (χ4n) is 3.96. The van der Waals surface area contributed by atoms with Gasteiger partial charge >= 0.3 is 0 Å². The molecule has 0 bridgehead atoms. The van der Waals surface area contributed by atoms with Gasteiger partial charge in [-0.3, -0.25) is 0 Å². The average Bonchev–Trinajstić information content (AvgIpc) is 2.36. The van der Waals surface area contributed by atoms with Crippen LogP contribution in [0, 0.1) is 41.5 Å². The minimum absolute atomic E-state index is 0.152. The molecule has 0 aromatic heterocycles. The van der Waals surface area contributed by atoms with Gasteiger partial charge in [0, 0.05) is 12.3 Å². The Morgan fingerprint density at radius 2 is 1.05 bits per heavy atom. The van der Waals surface area contributed by atoms with E-state index in [1.54, 1.807) is 0 Å². The molecule has 0 spiro atoms. The van der Waals surface area contributed by atoms with E-state index in [4.69, 9.17) is 0 Å². The van der Waals surface area contributed by atoms with Crippen molar-refractivity contribution in [1.82, 2.24) is 0 Å². The predicted molar refractivity (Wildman–Crippen MR) is 93.8 cm³/mol. The Morgan fingerprint density at radius 1 is 0.727 bits per heavy atom. The van der Waals surface area contributed by atoms with Gasteiger partial charge < -0.3 is 4.79 Å². The smallest absolute Gasteiger partial charge is 0.120 e. The molecule has 22 heavy (non-hydrogen) atoms. The van der Waals surface area contributed by atoms with Crippen LogP contribution in [0.25, 0.3) is 0 Å². The molecule has 0 fully saturated rings. The molecule has 0 saturated heterocycles. The molecule has 0 atom stereocenters. The van der Waals surface area contributed by atoms with E-state index >= 15 is 0 Å². The van der Waals surface area contributed by atoms with Crippen LogP contribution in [-0.4, -0.2) is 6.29 Å². The van der Waals surface area contributed by atoms with Gasteiger partial charge in [0.25, 0.3) is 0 Å². The summed E-state index contributed by atoms with van der Waals surface area (Å²) in [6, 6.07) is 8.88. The van der Waals surface area contributed by atoms with Crippen molar-refractivity contribution in [2.45, 2.75) is 53.9 Å². The zero-order chi connectivity index (χ0) is 16.4. The lowest BCUT2D eigenvalue weighted by Crippen LogP contribution is -2.10. The van der Waals surface area contributed by atoms with Crippen LogP contribution in [0.2, 0.25) is 0 Å². The van der Waals surface area contributed by atoms with E-state index in [-0.39, 0.29) is 5.92 Å². The normalized spacial score (nSPS) is 11.0. The fraction of sp³-hybridized carbons (Fsp3) is 0.381. The van der Waals surface area contributed by atoms with Gasteiger partial charge in [-0.25, -0.2) is 0 Å². The van der Waals surface area contributed by atoms with Gasteiger partial charge in [-0.15, -0.1) is 0 Å². The second-order valence-electron chi connectivity index (χ2n) is 6.58. The molecule has 1 nitrogen and oxygen atoms in total. The SMILES string of the molecule is Cc1cc(C)c(C(CC=O)c2c(C)cc(C)cc2C)c(C)c1. The number of rotatable bonds is 4. The Balaban J connectivity index is 2.69. The third kappa shape index (κ3) is 3.14. The van der Waals surface area contributed by atoms with E-state index in [2.05, 4.69) is 65.8 Å². The largest absolute Gasteiger partial charge is 0.303 e. The summed E-state index contributed by atoms with van der Waals surface area (Å²) < 4.78 is 0. The molecule has 0 heterocycles. The van der Waals surface area contributed by atoms with Crippen LogP contribution in [0.5, 0.6) is 0 Å². The molecule has 0 unspecified atom stereocenters. The number of hydrogen-bond acceptors (Lipinski definition) is 1. The Morgan fingerprint density at radius 3 is 1.32 bits per heavy atom. The summed E-state index contributed by atoms with van der Waals surface area (Å²) in [6.07, 6.45) is 1.59. The van der Waals surface area contributed by atoms with Crippen LogP contribution in [0.3, 0.4) is 0 Å². The summed E-state index contributed by atoms with van der Waals surface area (Å²) in [5, 5.41) is 0. The van der Waals surface area contributed by atoms with Crippen molar-refractivity contribution in [3.63, 3.8) is 0 Å². The minimum atomic E-state index is 0.152. The third-order valence-corrected chi connectivity index (χ3v) is 4.50. The van der Waals surface area contributed by atoms with E-state index in [1.165, 1.54) is 44.5 Å². The zero-order valence-corrected chi connectivity index (χ0v) is 14.6. The number of carbonyl (C=O) groups excluding carboxylic acids is 1. The van der Waals surface area contributed by atoms with E-state index in [0.717, 1.165) is 6.29 Å². The van der Waals surface area contributed by atoms with Crippen molar-refractivity contribution in [3.8, 4) is 0 Å². The summed E-state index contributed by atoms with van der Waals surface area (Å²) >= 11 is 0. The number of hydrogen-bond donors (Lipinski definition) is 0. The van der Waals surface area contributed by atoms with Crippen molar-refractivity contribution in [3.05, 3.63) is 68.8 Å². The molecule has 0 N–H and O–H groups in total. The van der Waals surface area contributed by atoms with E-state index in [9.17, 15) is 4.79 Å². The number of benzene rings is 2. The van der Waals surface area contributed by atoms with Crippen LogP contribution in [0.1, 0.15) is 56.8 Å². The van der Waals surface area contributed by atoms with Crippen molar-refractivity contribution >= 4 is 6.29 Å². The Bertz CT molecular complexity index is 606. The highest BCUT2D eigenvalue weighted by Gasteiger charge is 2.22. The molecule has 0 aliphatic carbocycles. The molecule has 116 valence electrons. The minimum Gasteiger partial charge on any atom is -0.303 e. The molecule has 0 amide bonds. The van der Waals surface area contributed by atoms with E-state index in [0.29, 0.717) is 6.42 Å². The first kappa shape index (κ1) is 16.5. The predicted octanol–water partition coefficient (Wildman–Crippen LogP) is 5.26. The Kier molecular flexibility index (Phi) is 4.85. The highest BCUT2D eigenvalue weighted by atomic mass is 16.1. The number of aldehydes is 1. The second kappa shape index (κ2) is 6.48. The topological polar surface area (TPSA) is 17.1 Å². The highest BCUT2D eigenvalue weighted by Crippen LogP contribution is 2.36. The van der Waals surface area contributed by atoms with Gasteiger partial charge in [-0.2, -0.15) is 0 Å². The first-order valence-electron chi connectivity index (χ1n) is 7.94. The molecule has 0 radical (unpaired) electrons. The molecule has 2 aromatic carbocycles. The molecular formula is C21H26O. The molecule has 2 rings (SSSR count). The quantitative estimate of drug-likeness (QED) is 0.703. The van der Waals surface area contributed by atoms with Crippen molar-refractivity contribution < 1.29 is 4.79 Å². The molecule has 2 aromatic rings. The number of carbonyl (C=O) groups is 1. The maximum absolute atomic E-state index is 11.3. The molecule has 0 saturated carbocycles. The Labute approximate surface area is 134 Å². The molecular weight excluding hydrogens is 268 g/mol. The van der Waals surface area contributed by atoms with Gasteiger partial charge in [0.15, 0.2) is 0 Å². The lowest BCUT2D eigenvalue weighted by molar-refractivity contribution is -0.108. The van der Waals surface area contributed by atoms with Crippen LogP contribution in [-0.2, 0) is 4.79 Å². The zero-order valence-electron chi connectivity index (χ0n) is 14.6. The standard InChI is InChI=1S/C21H26O/c1-13-9-15(3)20(16(4)10-13)19(7-8-22)21-17(5)11-14(2)12-18(21)6/h8-12,19H,7H2,1-6H3. The fourth-order valence-corrected chi connectivity index (χ4v) is 3.96. The van der Waals surface area contributed by atoms with Gasteiger partial charge in [0.05, 0.1) is 0 Å². The Hall–Kier alpha value is -1.89. The number of aryl methyl sites for hydroxylation is 6. The molecule has 0 aliphatic rings. The second-order valence-corrected chi connectivity index (χ2v) is 6.58. The van der Waals surface area contributed by atoms with Crippen LogP contribution >= 0.6 is 0 Å². The summed E-state index contributed by atoms with van der Waals surface area (Å²) in [4.78, 5) is 11.3. The maximum atomic E-state index is 11.3. The van der Waals surface area contributed by atoms with Crippen molar-refractivity contribution in [1.29, 1.82) is 0 Å². The van der Waals surface area contributed by atoms with Crippen molar-refractivity contribution in [2.24, 2.45) is 0 Å². The van der Waals surface area contributed by atoms with Crippen LogP contribution in [0.4, 0.5) is 0 Å². The van der Waals surface area contributed by atoms with E-state index < -0.39 is 0 Å². The lowest BCUT2D eigenvalue weighted by atomic mass is 9.79. The van der Waals surface area contributed by atoms with Gasteiger partial charge in [0.1, 0.15) is 6.29 Å². The third-order valence-electron chi connectivity index (χ3n) is 4.50. The summed E-state index contributed by atoms with van der Waals surface area (Å²) in [6.45, 7) is 12.9. The van der Waals surface area contributed by atoms with Gasteiger partial charge in [0.2, 0.25) is 0 Å². The first-order chi connectivity index (χ1) is 10.3. The van der Waals surface area contributed by atoms with Gasteiger partial charge in [-0.05, 0) is 74.9 Å². The first-order valence-corrected chi connectivity index (χ1v) is 7.94. The van der Waals surface area contributed by atoms with Gasteiger partial charge in [-0.1, -0.05) is 35.4 Å². The molecule has 0 aliphatic heterocycles. The average molecular weight is 294 g/mol. The maximum Gasteiger partial charge on any atom is 0.120 e. The molecule has 1 heteroatoms.